The number of benzene rings is 4. The molecule has 3 nitrogen and oxygen atoms in total. The van der Waals surface area contributed by atoms with E-state index >= 15 is 0 Å². The Morgan fingerprint density at radius 2 is 1.03 bits per heavy atom. The van der Waals surface area contributed by atoms with Gasteiger partial charge in [0.25, 0.3) is 0 Å². The molecular formula is C30H23F4O3P. The number of Topliss-reactive ketones (excluding diaryl/α,β-unsaturated/α-hetero) is 1. The minimum atomic E-state index is -4.58. The Morgan fingerprint density at radius 1 is 0.658 bits per heavy atom. The molecule has 0 fully saturated rings. The lowest BCUT2D eigenvalue weighted by atomic mass is 10.1. The molecule has 0 radical (unpaired) electrons. The average Bonchev–Trinajstić information content (AvgIpc) is 2.96. The van der Waals surface area contributed by atoms with E-state index in [2.05, 4.69) is 0 Å². The Bertz CT molecular complexity index is 1340. The Labute approximate surface area is 217 Å². The van der Waals surface area contributed by atoms with Crippen molar-refractivity contribution in [2.45, 2.75) is 12.3 Å². The van der Waals surface area contributed by atoms with E-state index in [0.717, 1.165) is 0 Å². The van der Waals surface area contributed by atoms with Crippen LogP contribution in [-0.4, -0.2) is 36.0 Å². The standard InChI is InChI=1S/C30H23F4O3P/c31-29(32)30(33,34)21-37-28(36)27(26(35)22-13-5-1-6-14-22)38(23-15-7-2-8-16-23,24-17-9-3-10-18-24)25-19-11-4-12-20-25/h1-20,29H,21H2. The molecule has 0 spiro atoms. The van der Waals surface area contributed by atoms with Gasteiger partial charge in [0, 0.05) is 5.56 Å². The van der Waals surface area contributed by atoms with Gasteiger partial charge in [0.15, 0.2) is 6.61 Å². The van der Waals surface area contributed by atoms with Crippen LogP contribution >= 0.6 is 6.89 Å². The SMILES string of the molecule is O=C(OCC(F)(F)C(F)F)C(C(=O)c1ccccc1)=P(c1ccccc1)(c1ccccc1)c1ccccc1. The summed E-state index contributed by atoms with van der Waals surface area (Å²) in [6, 6.07) is 34.2. The third kappa shape index (κ3) is 5.34. The van der Waals surface area contributed by atoms with Crippen molar-refractivity contribution in [1.82, 2.24) is 0 Å². The lowest BCUT2D eigenvalue weighted by molar-refractivity contribution is -0.174. The second-order valence-electron chi connectivity index (χ2n) is 8.36. The summed E-state index contributed by atoms with van der Waals surface area (Å²) in [4.78, 5) is 27.9. The van der Waals surface area contributed by atoms with Gasteiger partial charge >= 0.3 is 18.3 Å². The van der Waals surface area contributed by atoms with Crippen LogP contribution in [0.5, 0.6) is 0 Å². The third-order valence-electron chi connectivity index (χ3n) is 5.93. The molecule has 0 heterocycles. The van der Waals surface area contributed by atoms with Crippen LogP contribution in [0.3, 0.4) is 0 Å². The van der Waals surface area contributed by atoms with Crippen molar-refractivity contribution in [3.63, 3.8) is 0 Å². The molecule has 0 aliphatic carbocycles. The van der Waals surface area contributed by atoms with Crippen molar-refractivity contribution >= 4 is 39.8 Å². The van der Waals surface area contributed by atoms with Gasteiger partial charge in [-0.2, -0.15) is 8.78 Å². The molecule has 0 aromatic heterocycles. The van der Waals surface area contributed by atoms with Gasteiger partial charge in [-0.15, -0.1) is 0 Å². The van der Waals surface area contributed by atoms with E-state index in [4.69, 9.17) is 4.74 Å². The molecule has 0 aliphatic rings. The van der Waals surface area contributed by atoms with Gasteiger partial charge in [0.2, 0.25) is 5.78 Å². The van der Waals surface area contributed by atoms with Gasteiger partial charge in [-0.3, -0.25) is 4.79 Å². The lowest BCUT2D eigenvalue weighted by Gasteiger charge is -2.31. The number of esters is 1. The Hall–Kier alpha value is -3.96. The zero-order valence-corrected chi connectivity index (χ0v) is 20.9. The summed E-state index contributed by atoms with van der Waals surface area (Å²) >= 11 is 0. The quantitative estimate of drug-likeness (QED) is 0.0933. The Kier molecular flexibility index (Phi) is 8.28. The fourth-order valence-corrected chi connectivity index (χ4v) is 8.49. The van der Waals surface area contributed by atoms with E-state index in [0.29, 0.717) is 15.9 Å². The summed E-state index contributed by atoms with van der Waals surface area (Å²) in [7, 11) is 0. The topological polar surface area (TPSA) is 43.4 Å². The number of hydrogen-bond donors (Lipinski definition) is 0. The molecule has 194 valence electrons. The Balaban J connectivity index is 2.15. The van der Waals surface area contributed by atoms with Crippen LogP contribution in [0, 0.1) is 0 Å². The number of halogens is 4. The maximum Gasteiger partial charge on any atom is 0.343 e. The smallest absolute Gasteiger partial charge is 0.343 e. The molecule has 0 amide bonds. The summed E-state index contributed by atoms with van der Waals surface area (Å²) in [6.07, 6.45) is -4.04. The number of carbonyl (C=O) groups excluding carboxylic acids is 2. The van der Waals surface area contributed by atoms with E-state index in [9.17, 15) is 27.2 Å². The summed E-state index contributed by atoms with van der Waals surface area (Å²) in [5.74, 6) is -6.69. The highest BCUT2D eigenvalue weighted by Crippen LogP contribution is 2.47. The van der Waals surface area contributed by atoms with Gasteiger partial charge in [0.1, 0.15) is 5.29 Å². The predicted molar refractivity (Wildman–Crippen MR) is 143 cm³/mol. The highest BCUT2D eigenvalue weighted by atomic mass is 31.2. The molecule has 0 aliphatic heterocycles. The molecule has 0 unspecified atom stereocenters. The van der Waals surface area contributed by atoms with Gasteiger partial charge in [-0.1, -0.05) is 121 Å². The normalized spacial score (nSPS) is 11.7. The first-order valence-corrected chi connectivity index (χ1v) is 13.4. The number of hydrogen-bond acceptors (Lipinski definition) is 3. The maximum absolute atomic E-state index is 14.2. The molecule has 0 saturated carbocycles. The van der Waals surface area contributed by atoms with E-state index in [1.165, 1.54) is 12.1 Å². The second kappa shape index (κ2) is 11.6. The molecule has 0 N–H and O–H groups in total. The van der Waals surface area contributed by atoms with Crippen LogP contribution < -0.4 is 15.9 Å². The van der Waals surface area contributed by atoms with Crippen LogP contribution in [0.2, 0.25) is 0 Å². The average molecular weight is 538 g/mol. The minimum absolute atomic E-state index is 0.132. The van der Waals surface area contributed by atoms with Crippen LogP contribution in [0.15, 0.2) is 121 Å². The molecule has 0 bridgehead atoms. The monoisotopic (exact) mass is 538 g/mol. The maximum atomic E-state index is 14.2. The molecule has 8 heteroatoms. The third-order valence-corrected chi connectivity index (χ3v) is 10.2. The molecule has 38 heavy (non-hydrogen) atoms. The zero-order valence-electron chi connectivity index (χ0n) is 20.0. The first-order chi connectivity index (χ1) is 18.3. The van der Waals surface area contributed by atoms with Crippen molar-refractivity contribution in [3.05, 3.63) is 127 Å². The van der Waals surface area contributed by atoms with E-state index < -0.39 is 42.9 Å². The predicted octanol–water partition coefficient (Wildman–Crippen LogP) is 5.48. The van der Waals surface area contributed by atoms with Crippen LogP contribution in [0.25, 0.3) is 0 Å². The van der Waals surface area contributed by atoms with Gasteiger partial charge in [-0.05, 0) is 22.8 Å². The van der Waals surface area contributed by atoms with Gasteiger partial charge in [0.05, 0.1) is 0 Å². The number of alkyl halides is 4. The van der Waals surface area contributed by atoms with E-state index in [-0.39, 0.29) is 5.56 Å². The highest BCUT2D eigenvalue weighted by molar-refractivity contribution is 7.97. The molecule has 0 atom stereocenters. The van der Waals surface area contributed by atoms with Crippen molar-refractivity contribution in [3.8, 4) is 0 Å². The molecule has 4 aromatic rings. The first-order valence-electron chi connectivity index (χ1n) is 11.6. The fraction of sp³-hybridized carbons (Fsp3) is 0.100. The van der Waals surface area contributed by atoms with Gasteiger partial charge < -0.3 is 4.74 Å². The summed E-state index contributed by atoms with van der Waals surface area (Å²) in [5.41, 5.74) is 0.132. The number of ketones is 1. The molecular weight excluding hydrogens is 515 g/mol. The van der Waals surface area contributed by atoms with Crippen molar-refractivity contribution in [1.29, 1.82) is 0 Å². The van der Waals surface area contributed by atoms with E-state index in [1.807, 2.05) is 0 Å². The molecule has 0 saturated heterocycles. The van der Waals surface area contributed by atoms with Crippen molar-refractivity contribution < 1.29 is 31.9 Å². The van der Waals surface area contributed by atoms with Crippen molar-refractivity contribution in [2.75, 3.05) is 6.61 Å². The minimum Gasteiger partial charge on any atom is -0.455 e. The number of carbonyl (C=O) groups is 2. The largest absolute Gasteiger partial charge is 0.455 e. The summed E-state index contributed by atoms with van der Waals surface area (Å²) in [6.45, 7) is -5.25. The van der Waals surface area contributed by atoms with Crippen LogP contribution in [0.1, 0.15) is 10.4 Å². The zero-order chi connectivity index (χ0) is 27.2. The van der Waals surface area contributed by atoms with Crippen LogP contribution in [-0.2, 0) is 9.53 Å². The van der Waals surface area contributed by atoms with Crippen LogP contribution in [0.4, 0.5) is 17.6 Å². The molecule has 4 aromatic carbocycles. The Morgan fingerprint density at radius 3 is 1.39 bits per heavy atom. The first kappa shape index (κ1) is 27.1. The van der Waals surface area contributed by atoms with Gasteiger partial charge in [-0.25, -0.2) is 13.6 Å². The van der Waals surface area contributed by atoms with Crippen molar-refractivity contribution in [2.24, 2.45) is 0 Å². The number of ether oxygens (including phenoxy) is 1. The lowest BCUT2D eigenvalue weighted by Crippen LogP contribution is -2.41. The summed E-state index contributed by atoms with van der Waals surface area (Å²) in [5, 5.41) is 1.38. The highest BCUT2D eigenvalue weighted by Gasteiger charge is 2.44. The second-order valence-corrected chi connectivity index (χ2v) is 11.7. The molecule has 4 rings (SSSR count). The fourth-order valence-electron chi connectivity index (χ4n) is 4.19. The van der Waals surface area contributed by atoms with E-state index in [1.54, 1.807) is 109 Å². The summed E-state index contributed by atoms with van der Waals surface area (Å²) < 4.78 is 58.4. The number of rotatable bonds is 9.